The van der Waals surface area contributed by atoms with E-state index in [-0.39, 0.29) is 18.5 Å². The number of benzene rings is 1. The molecule has 2 heterocycles. The van der Waals surface area contributed by atoms with Gasteiger partial charge >= 0.3 is 0 Å². The minimum absolute atomic E-state index is 0.0250. The second-order valence-corrected chi connectivity index (χ2v) is 5.12. The van der Waals surface area contributed by atoms with Crippen LogP contribution in [0.25, 0.3) is 11.4 Å². The van der Waals surface area contributed by atoms with Crippen molar-refractivity contribution in [2.45, 2.75) is 6.04 Å². The molecule has 2 N–H and O–H groups in total. The highest BCUT2D eigenvalue weighted by Gasteiger charge is 2.24. The summed E-state index contributed by atoms with van der Waals surface area (Å²) in [6.45, 7) is 0.720. The molecule has 0 radical (unpaired) electrons. The van der Waals surface area contributed by atoms with Crippen molar-refractivity contribution in [3.05, 3.63) is 34.6 Å². The molecule has 0 saturated carbocycles. The summed E-state index contributed by atoms with van der Waals surface area (Å²) in [7, 11) is 0. The number of amides is 1. The number of halogens is 1. The normalized spacial score (nSPS) is 19.2. The van der Waals surface area contributed by atoms with Crippen molar-refractivity contribution in [3.8, 4) is 11.4 Å². The van der Waals surface area contributed by atoms with E-state index in [1.165, 1.54) is 0 Å². The van der Waals surface area contributed by atoms with Crippen LogP contribution in [0.4, 0.5) is 0 Å². The third-order valence-electron chi connectivity index (χ3n) is 2.84. The maximum Gasteiger partial charge on any atom is 0.245 e. The van der Waals surface area contributed by atoms with Gasteiger partial charge in [-0.2, -0.15) is 4.98 Å². The van der Waals surface area contributed by atoms with Gasteiger partial charge in [-0.1, -0.05) is 33.2 Å². The summed E-state index contributed by atoms with van der Waals surface area (Å²) in [5.74, 6) is 0.993. The van der Waals surface area contributed by atoms with E-state index in [4.69, 9.17) is 4.52 Å². The third kappa shape index (κ3) is 2.66. The molecule has 1 unspecified atom stereocenters. The zero-order valence-corrected chi connectivity index (χ0v) is 11.5. The number of rotatable bonds is 2. The van der Waals surface area contributed by atoms with Gasteiger partial charge < -0.3 is 9.84 Å². The van der Waals surface area contributed by atoms with E-state index in [1.54, 1.807) is 0 Å². The number of carbonyl (C=O) groups is 1. The highest BCUT2D eigenvalue weighted by Crippen LogP contribution is 2.22. The summed E-state index contributed by atoms with van der Waals surface area (Å²) in [6.07, 6.45) is 0. The third-order valence-corrected chi connectivity index (χ3v) is 3.33. The lowest BCUT2D eigenvalue weighted by Crippen LogP contribution is -2.47. The van der Waals surface area contributed by atoms with E-state index in [0.717, 1.165) is 10.0 Å². The van der Waals surface area contributed by atoms with Crippen LogP contribution in [-0.4, -0.2) is 29.1 Å². The Bertz CT molecular complexity index is 603. The van der Waals surface area contributed by atoms with Crippen molar-refractivity contribution in [2.75, 3.05) is 13.1 Å². The van der Waals surface area contributed by atoms with Gasteiger partial charge in [-0.15, -0.1) is 0 Å². The number of hydrogen-bond acceptors (Lipinski definition) is 5. The van der Waals surface area contributed by atoms with Crippen LogP contribution in [-0.2, 0) is 4.79 Å². The van der Waals surface area contributed by atoms with Gasteiger partial charge in [0.2, 0.25) is 17.6 Å². The Labute approximate surface area is 117 Å². The molecule has 1 amide bonds. The second kappa shape index (κ2) is 5.10. The quantitative estimate of drug-likeness (QED) is 0.870. The SMILES string of the molecule is O=C1CNC(c2nc(-c3cccc(Br)c3)no2)CN1. The van der Waals surface area contributed by atoms with Crippen molar-refractivity contribution in [1.82, 2.24) is 20.8 Å². The average molecular weight is 323 g/mol. The summed E-state index contributed by atoms with van der Waals surface area (Å²) in [5, 5.41) is 9.76. The molecule has 0 bridgehead atoms. The molecule has 1 atom stereocenters. The van der Waals surface area contributed by atoms with E-state index in [9.17, 15) is 4.79 Å². The molecule has 3 rings (SSSR count). The summed E-state index contributed by atoms with van der Waals surface area (Å²) in [6, 6.07) is 7.54. The van der Waals surface area contributed by atoms with Gasteiger partial charge in [0.1, 0.15) is 6.04 Å². The zero-order chi connectivity index (χ0) is 13.2. The fraction of sp³-hybridized carbons (Fsp3) is 0.250. The molecule has 1 saturated heterocycles. The maximum absolute atomic E-state index is 11.1. The fourth-order valence-corrected chi connectivity index (χ4v) is 2.26. The molecule has 1 aromatic heterocycles. The molecule has 1 aliphatic heterocycles. The van der Waals surface area contributed by atoms with E-state index >= 15 is 0 Å². The molecule has 7 heteroatoms. The molecule has 6 nitrogen and oxygen atoms in total. The lowest BCUT2D eigenvalue weighted by molar-refractivity contribution is -0.121. The molecule has 2 aromatic rings. The number of nitrogens with one attached hydrogen (secondary N) is 2. The molecular weight excluding hydrogens is 312 g/mol. The van der Waals surface area contributed by atoms with Crippen molar-refractivity contribution in [1.29, 1.82) is 0 Å². The largest absolute Gasteiger partial charge is 0.353 e. The van der Waals surface area contributed by atoms with Gasteiger partial charge in [-0.25, -0.2) is 0 Å². The molecule has 0 spiro atoms. The number of piperazine rings is 1. The van der Waals surface area contributed by atoms with Crippen LogP contribution >= 0.6 is 15.9 Å². The van der Waals surface area contributed by atoms with E-state index < -0.39 is 0 Å². The number of carbonyl (C=O) groups excluding carboxylic acids is 1. The molecule has 1 fully saturated rings. The Morgan fingerprint density at radius 2 is 2.32 bits per heavy atom. The minimum atomic E-state index is -0.133. The van der Waals surface area contributed by atoms with Crippen LogP contribution in [0.1, 0.15) is 11.9 Å². The van der Waals surface area contributed by atoms with Crippen molar-refractivity contribution in [3.63, 3.8) is 0 Å². The predicted octanol–water partition coefficient (Wildman–Crippen LogP) is 1.26. The highest BCUT2D eigenvalue weighted by atomic mass is 79.9. The minimum Gasteiger partial charge on any atom is -0.353 e. The Balaban J connectivity index is 1.81. The molecule has 98 valence electrons. The van der Waals surface area contributed by atoms with Gasteiger partial charge in [0.25, 0.3) is 0 Å². The first kappa shape index (κ1) is 12.3. The van der Waals surface area contributed by atoms with Crippen molar-refractivity contribution < 1.29 is 9.32 Å². The van der Waals surface area contributed by atoms with Crippen LogP contribution in [0.2, 0.25) is 0 Å². The number of aromatic nitrogens is 2. The molecule has 1 aliphatic rings. The smallest absolute Gasteiger partial charge is 0.245 e. The second-order valence-electron chi connectivity index (χ2n) is 4.20. The van der Waals surface area contributed by atoms with Crippen molar-refractivity contribution >= 4 is 21.8 Å². The highest BCUT2D eigenvalue weighted by molar-refractivity contribution is 9.10. The first-order valence-electron chi connectivity index (χ1n) is 5.82. The Morgan fingerprint density at radius 3 is 3.05 bits per heavy atom. The van der Waals surface area contributed by atoms with E-state index in [1.807, 2.05) is 24.3 Å². The predicted molar refractivity (Wildman–Crippen MR) is 71.2 cm³/mol. The molecule has 1 aromatic carbocycles. The van der Waals surface area contributed by atoms with E-state index in [0.29, 0.717) is 18.3 Å². The summed E-state index contributed by atoms with van der Waals surface area (Å²) >= 11 is 3.40. The number of hydrogen-bond donors (Lipinski definition) is 2. The van der Waals surface area contributed by atoms with Crippen LogP contribution < -0.4 is 10.6 Å². The molecular formula is C12H11BrN4O2. The van der Waals surface area contributed by atoms with Crippen molar-refractivity contribution in [2.24, 2.45) is 0 Å². The lowest BCUT2D eigenvalue weighted by atomic mass is 10.2. The van der Waals surface area contributed by atoms with Gasteiger partial charge in [0, 0.05) is 16.6 Å². The summed E-state index contributed by atoms with van der Waals surface area (Å²) in [5.41, 5.74) is 0.879. The monoisotopic (exact) mass is 322 g/mol. The van der Waals surface area contributed by atoms with Crippen LogP contribution in [0.15, 0.2) is 33.3 Å². The average Bonchev–Trinajstić information content (AvgIpc) is 2.89. The Morgan fingerprint density at radius 1 is 1.42 bits per heavy atom. The van der Waals surface area contributed by atoms with Crippen LogP contribution in [0.5, 0.6) is 0 Å². The Hall–Kier alpha value is -1.73. The van der Waals surface area contributed by atoms with Gasteiger partial charge in [-0.3, -0.25) is 10.1 Å². The topological polar surface area (TPSA) is 80.1 Å². The number of nitrogens with zero attached hydrogens (tertiary/aromatic N) is 2. The standard InChI is InChI=1S/C12H11BrN4O2/c13-8-3-1-2-7(4-8)11-16-12(19-17-11)9-5-15-10(18)6-14-9/h1-4,9,14H,5-6H2,(H,15,18). The van der Waals surface area contributed by atoms with Gasteiger partial charge in [0.15, 0.2) is 0 Å². The lowest BCUT2D eigenvalue weighted by Gasteiger charge is -2.20. The van der Waals surface area contributed by atoms with Crippen LogP contribution in [0.3, 0.4) is 0 Å². The first-order chi connectivity index (χ1) is 9.22. The van der Waals surface area contributed by atoms with Gasteiger partial charge in [0.05, 0.1) is 6.54 Å². The Kier molecular flexibility index (Phi) is 3.31. The molecule has 19 heavy (non-hydrogen) atoms. The summed E-state index contributed by atoms with van der Waals surface area (Å²) in [4.78, 5) is 15.4. The van der Waals surface area contributed by atoms with E-state index in [2.05, 4.69) is 36.7 Å². The fourth-order valence-electron chi connectivity index (χ4n) is 1.86. The first-order valence-corrected chi connectivity index (χ1v) is 6.61. The maximum atomic E-state index is 11.1. The summed E-state index contributed by atoms with van der Waals surface area (Å²) < 4.78 is 6.20. The molecule has 0 aliphatic carbocycles. The zero-order valence-electron chi connectivity index (χ0n) is 9.89. The van der Waals surface area contributed by atoms with Gasteiger partial charge in [-0.05, 0) is 12.1 Å². The van der Waals surface area contributed by atoms with Crippen LogP contribution in [0, 0.1) is 0 Å².